The molecule has 2 N–H and O–H groups in total. The molecule has 2 atom stereocenters. The number of carbonyl (C=O) groups excluding carboxylic acids is 2. The maximum atomic E-state index is 12.6. The summed E-state index contributed by atoms with van der Waals surface area (Å²) in [6.07, 6.45) is 11.9. The Kier molecular flexibility index (Phi) is 7.52. The monoisotopic (exact) mass is 384 g/mol. The maximum absolute atomic E-state index is 12.6. The second-order valence-electron chi connectivity index (χ2n) is 8.80. The van der Waals surface area contributed by atoms with Crippen LogP contribution in [0.25, 0.3) is 0 Å². The Balaban J connectivity index is 1.54. The van der Waals surface area contributed by atoms with Gasteiger partial charge in [-0.3, -0.25) is 9.59 Å². The van der Waals surface area contributed by atoms with Gasteiger partial charge in [0, 0.05) is 12.1 Å². The number of amides is 2. The summed E-state index contributed by atoms with van der Waals surface area (Å²) in [4.78, 5) is 25.2. The molecule has 2 fully saturated rings. The van der Waals surface area contributed by atoms with Gasteiger partial charge in [-0.05, 0) is 50.7 Å². The van der Waals surface area contributed by atoms with Gasteiger partial charge in [-0.1, -0.05) is 62.8 Å². The molecule has 0 spiro atoms. The van der Waals surface area contributed by atoms with Crippen LogP contribution in [-0.4, -0.2) is 23.9 Å². The standard InChI is InChI=1S/C24H36N2O2/c1-17(23(27)25-21-9-5-3-6-10-21)19-13-15-20(16-14-19)18(2)24(28)26-22-11-7-4-8-12-22/h13-18,21-22H,3-12H2,1-2H3,(H,25,27)(H,26,28). The van der Waals surface area contributed by atoms with Crippen molar-refractivity contribution in [3.63, 3.8) is 0 Å². The van der Waals surface area contributed by atoms with Gasteiger partial charge < -0.3 is 10.6 Å². The molecule has 2 aliphatic rings. The van der Waals surface area contributed by atoms with E-state index >= 15 is 0 Å². The lowest BCUT2D eigenvalue weighted by atomic mass is 9.92. The molecule has 0 saturated heterocycles. The van der Waals surface area contributed by atoms with E-state index in [-0.39, 0.29) is 23.7 Å². The Morgan fingerprint density at radius 3 is 1.32 bits per heavy atom. The molecule has 4 heteroatoms. The SMILES string of the molecule is CC(C(=O)NC1CCCCC1)c1ccc(C(C)C(=O)NC2CCCCC2)cc1. The summed E-state index contributed by atoms with van der Waals surface area (Å²) >= 11 is 0. The average Bonchev–Trinajstić information content (AvgIpc) is 2.74. The summed E-state index contributed by atoms with van der Waals surface area (Å²) in [5.41, 5.74) is 2.02. The average molecular weight is 385 g/mol. The predicted octanol–water partition coefficient (Wildman–Crippen LogP) is 4.79. The minimum atomic E-state index is -0.164. The van der Waals surface area contributed by atoms with Crippen LogP contribution in [-0.2, 0) is 9.59 Å². The van der Waals surface area contributed by atoms with E-state index in [0.29, 0.717) is 12.1 Å². The van der Waals surface area contributed by atoms with Gasteiger partial charge in [0.25, 0.3) is 0 Å². The molecule has 2 unspecified atom stereocenters. The van der Waals surface area contributed by atoms with Crippen molar-refractivity contribution in [2.45, 2.75) is 102 Å². The van der Waals surface area contributed by atoms with Crippen LogP contribution < -0.4 is 10.6 Å². The van der Waals surface area contributed by atoms with E-state index in [4.69, 9.17) is 0 Å². The number of rotatable bonds is 6. The minimum Gasteiger partial charge on any atom is -0.353 e. The van der Waals surface area contributed by atoms with Crippen molar-refractivity contribution in [2.75, 3.05) is 0 Å². The Morgan fingerprint density at radius 2 is 1.00 bits per heavy atom. The smallest absolute Gasteiger partial charge is 0.227 e. The van der Waals surface area contributed by atoms with Gasteiger partial charge in [0.05, 0.1) is 11.8 Å². The summed E-state index contributed by atoms with van der Waals surface area (Å²) in [5, 5.41) is 6.43. The number of carbonyl (C=O) groups is 2. The summed E-state index contributed by atoms with van der Waals surface area (Å²) in [6.45, 7) is 3.93. The molecule has 28 heavy (non-hydrogen) atoms. The fraction of sp³-hybridized carbons (Fsp3) is 0.667. The molecular weight excluding hydrogens is 348 g/mol. The summed E-state index contributed by atoms with van der Waals surface area (Å²) in [5.74, 6) is -0.102. The molecule has 154 valence electrons. The van der Waals surface area contributed by atoms with E-state index < -0.39 is 0 Å². The zero-order valence-corrected chi connectivity index (χ0v) is 17.5. The van der Waals surface area contributed by atoms with Crippen LogP contribution in [0.2, 0.25) is 0 Å². The molecule has 2 saturated carbocycles. The van der Waals surface area contributed by atoms with E-state index in [1.165, 1.54) is 38.5 Å². The highest BCUT2D eigenvalue weighted by Gasteiger charge is 2.23. The zero-order valence-electron chi connectivity index (χ0n) is 17.5. The van der Waals surface area contributed by atoms with E-state index in [9.17, 15) is 9.59 Å². The van der Waals surface area contributed by atoms with E-state index in [1.807, 2.05) is 38.1 Å². The second-order valence-corrected chi connectivity index (χ2v) is 8.80. The van der Waals surface area contributed by atoms with Crippen molar-refractivity contribution in [2.24, 2.45) is 0 Å². The zero-order chi connectivity index (χ0) is 19.9. The normalized spacial score (nSPS) is 20.9. The van der Waals surface area contributed by atoms with Crippen molar-refractivity contribution >= 4 is 11.8 Å². The molecule has 1 aromatic carbocycles. The summed E-state index contributed by atoms with van der Waals surface area (Å²) < 4.78 is 0. The van der Waals surface area contributed by atoms with E-state index in [0.717, 1.165) is 36.8 Å². The highest BCUT2D eigenvalue weighted by molar-refractivity contribution is 5.84. The summed E-state index contributed by atoms with van der Waals surface area (Å²) in [7, 11) is 0. The quantitative estimate of drug-likeness (QED) is 0.741. The lowest BCUT2D eigenvalue weighted by Crippen LogP contribution is -2.38. The first-order valence-electron chi connectivity index (χ1n) is 11.2. The highest BCUT2D eigenvalue weighted by Crippen LogP contribution is 2.24. The van der Waals surface area contributed by atoms with Gasteiger partial charge in [0.2, 0.25) is 11.8 Å². The fourth-order valence-corrected chi connectivity index (χ4v) is 4.52. The molecule has 0 aliphatic heterocycles. The fourth-order valence-electron chi connectivity index (χ4n) is 4.52. The first-order valence-corrected chi connectivity index (χ1v) is 11.2. The predicted molar refractivity (Wildman–Crippen MR) is 113 cm³/mol. The molecule has 3 rings (SSSR count). The topological polar surface area (TPSA) is 58.2 Å². The molecule has 2 amide bonds. The first-order chi connectivity index (χ1) is 13.5. The van der Waals surface area contributed by atoms with Gasteiger partial charge >= 0.3 is 0 Å². The number of hydrogen-bond acceptors (Lipinski definition) is 2. The molecule has 0 aromatic heterocycles. The van der Waals surface area contributed by atoms with Gasteiger partial charge in [0.1, 0.15) is 0 Å². The van der Waals surface area contributed by atoms with Crippen molar-refractivity contribution in [3.8, 4) is 0 Å². The van der Waals surface area contributed by atoms with Gasteiger partial charge in [-0.25, -0.2) is 0 Å². The molecule has 4 nitrogen and oxygen atoms in total. The minimum absolute atomic E-state index is 0.114. The van der Waals surface area contributed by atoms with Crippen LogP contribution in [0.3, 0.4) is 0 Å². The maximum Gasteiger partial charge on any atom is 0.227 e. The molecule has 1 aromatic rings. The summed E-state index contributed by atoms with van der Waals surface area (Å²) in [6, 6.07) is 8.70. The van der Waals surface area contributed by atoms with E-state index in [1.54, 1.807) is 0 Å². The number of nitrogens with one attached hydrogen (secondary N) is 2. The van der Waals surface area contributed by atoms with Crippen molar-refractivity contribution in [1.82, 2.24) is 10.6 Å². The first kappa shape index (κ1) is 20.9. The number of benzene rings is 1. The highest BCUT2D eigenvalue weighted by atomic mass is 16.2. The Hall–Kier alpha value is -1.84. The van der Waals surface area contributed by atoms with E-state index in [2.05, 4.69) is 10.6 Å². The third-order valence-electron chi connectivity index (χ3n) is 6.63. The van der Waals surface area contributed by atoms with Crippen molar-refractivity contribution in [1.29, 1.82) is 0 Å². The molecule has 2 aliphatic carbocycles. The van der Waals surface area contributed by atoms with Gasteiger partial charge in [-0.2, -0.15) is 0 Å². The van der Waals surface area contributed by atoms with Crippen LogP contribution in [0.15, 0.2) is 24.3 Å². The van der Waals surface area contributed by atoms with Crippen molar-refractivity contribution in [3.05, 3.63) is 35.4 Å². The van der Waals surface area contributed by atoms with Gasteiger partial charge in [0.15, 0.2) is 0 Å². The van der Waals surface area contributed by atoms with Crippen LogP contribution in [0.1, 0.15) is 101 Å². The Bertz CT molecular complexity index is 586. The van der Waals surface area contributed by atoms with Crippen LogP contribution in [0, 0.1) is 0 Å². The van der Waals surface area contributed by atoms with Crippen molar-refractivity contribution < 1.29 is 9.59 Å². The molecule has 0 heterocycles. The van der Waals surface area contributed by atoms with Gasteiger partial charge in [-0.15, -0.1) is 0 Å². The Morgan fingerprint density at radius 1 is 0.679 bits per heavy atom. The lowest BCUT2D eigenvalue weighted by Gasteiger charge is -2.25. The second kappa shape index (κ2) is 10.1. The largest absolute Gasteiger partial charge is 0.353 e. The van der Waals surface area contributed by atoms with Crippen LogP contribution in [0.5, 0.6) is 0 Å². The lowest BCUT2D eigenvalue weighted by molar-refractivity contribution is -0.124. The third-order valence-corrected chi connectivity index (χ3v) is 6.63. The number of hydrogen-bond donors (Lipinski definition) is 2. The Labute approximate surface area is 169 Å². The molecule has 0 bridgehead atoms. The third kappa shape index (κ3) is 5.59. The van der Waals surface area contributed by atoms with Crippen LogP contribution >= 0.6 is 0 Å². The molecular formula is C24H36N2O2. The van der Waals surface area contributed by atoms with Crippen LogP contribution in [0.4, 0.5) is 0 Å². The molecule has 0 radical (unpaired) electrons.